The maximum atomic E-state index is 11.7. The molecule has 0 atom stereocenters. The number of hydrogen-bond donors (Lipinski definition) is 0. The first-order chi connectivity index (χ1) is 9.40. The Labute approximate surface area is 130 Å². The van der Waals surface area contributed by atoms with Crippen LogP contribution in [-0.4, -0.2) is 22.9 Å². The minimum absolute atomic E-state index is 0.0509. The second kappa shape index (κ2) is 8.28. The molecule has 0 bridgehead atoms. The summed E-state index contributed by atoms with van der Waals surface area (Å²) in [5, 5.41) is 1.65. The molecule has 0 aliphatic rings. The summed E-state index contributed by atoms with van der Waals surface area (Å²) in [4.78, 5) is 14.7. The Kier molecular flexibility index (Phi) is 7.03. The van der Waals surface area contributed by atoms with Gasteiger partial charge in [-0.2, -0.15) is 0 Å². The second-order valence-electron chi connectivity index (χ2n) is 5.25. The van der Waals surface area contributed by atoms with Crippen LogP contribution in [0.1, 0.15) is 31.6 Å². The van der Waals surface area contributed by atoms with Gasteiger partial charge in [0.25, 0.3) is 0 Å². The Hall–Kier alpha value is -1.06. The SMILES string of the molecule is C=C(C)CC(CC(=C)C)N(CCc1cccs1)C(=O)Cl. The molecule has 0 radical (unpaired) electrons. The van der Waals surface area contributed by atoms with E-state index in [2.05, 4.69) is 19.2 Å². The van der Waals surface area contributed by atoms with E-state index >= 15 is 0 Å². The Morgan fingerprint density at radius 3 is 2.35 bits per heavy atom. The Balaban J connectivity index is 2.75. The van der Waals surface area contributed by atoms with E-state index in [1.54, 1.807) is 16.2 Å². The summed E-state index contributed by atoms with van der Waals surface area (Å²) >= 11 is 7.48. The first-order valence-corrected chi connectivity index (χ1v) is 7.93. The van der Waals surface area contributed by atoms with Crippen molar-refractivity contribution in [3.63, 3.8) is 0 Å². The van der Waals surface area contributed by atoms with E-state index < -0.39 is 5.37 Å². The third-order valence-corrected chi connectivity index (χ3v) is 4.17. The molecule has 0 aliphatic carbocycles. The maximum Gasteiger partial charge on any atom is 0.316 e. The molecule has 1 aromatic heterocycles. The van der Waals surface area contributed by atoms with E-state index in [4.69, 9.17) is 11.6 Å². The van der Waals surface area contributed by atoms with E-state index in [0.29, 0.717) is 6.54 Å². The number of nitrogens with zero attached hydrogens (tertiary/aromatic N) is 1. The molecule has 0 saturated heterocycles. The first kappa shape index (κ1) is 17.0. The lowest BCUT2D eigenvalue weighted by atomic mass is 10.0. The first-order valence-electron chi connectivity index (χ1n) is 6.67. The average molecular weight is 312 g/mol. The number of thiophene rings is 1. The molecular weight excluding hydrogens is 290 g/mol. The summed E-state index contributed by atoms with van der Waals surface area (Å²) in [5.74, 6) is 0. The molecule has 1 aromatic rings. The Morgan fingerprint density at radius 1 is 1.35 bits per heavy atom. The van der Waals surface area contributed by atoms with Crippen molar-refractivity contribution in [1.29, 1.82) is 0 Å². The van der Waals surface area contributed by atoms with Gasteiger partial charge in [0.1, 0.15) is 0 Å². The molecule has 0 saturated carbocycles. The third kappa shape index (κ3) is 5.93. The van der Waals surface area contributed by atoms with Crippen molar-refractivity contribution in [3.05, 3.63) is 46.7 Å². The van der Waals surface area contributed by atoms with Crippen molar-refractivity contribution in [3.8, 4) is 0 Å². The van der Waals surface area contributed by atoms with Crippen LogP contribution in [0.25, 0.3) is 0 Å². The highest BCUT2D eigenvalue weighted by molar-refractivity contribution is 7.09. The number of rotatable bonds is 8. The predicted molar refractivity (Wildman–Crippen MR) is 88.6 cm³/mol. The summed E-state index contributed by atoms with van der Waals surface area (Å²) in [6.45, 7) is 12.5. The molecule has 0 aliphatic heterocycles. The minimum atomic E-state index is -0.394. The zero-order chi connectivity index (χ0) is 15.1. The molecule has 0 fully saturated rings. The highest BCUT2D eigenvalue weighted by Gasteiger charge is 2.22. The van der Waals surface area contributed by atoms with Crippen LogP contribution >= 0.6 is 22.9 Å². The average Bonchev–Trinajstić information content (AvgIpc) is 2.79. The van der Waals surface area contributed by atoms with Crippen LogP contribution in [-0.2, 0) is 6.42 Å². The molecule has 1 amide bonds. The molecule has 0 aromatic carbocycles. The number of halogens is 1. The Morgan fingerprint density at radius 2 is 1.95 bits per heavy atom. The Bertz CT molecular complexity index is 451. The molecule has 1 rings (SSSR count). The van der Waals surface area contributed by atoms with E-state index in [1.807, 2.05) is 25.3 Å². The van der Waals surface area contributed by atoms with Crippen LogP contribution in [0.2, 0.25) is 0 Å². The highest BCUT2D eigenvalue weighted by atomic mass is 35.5. The van der Waals surface area contributed by atoms with Crippen molar-refractivity contribution < 1.29 is 4.79 Å². The fourth-order valence-electron chi connectivity index (χ4n) is 2.20. The molecule has 4 heteroatoms. The number of carbonyl (C=O) groups is 1. The zero-order valence-electron chi connectivity index (χ0n) is 12.2. The van der Waals surface area contributed by atoms with Gasteiger partial charge in [0.2, 0.25) is 0 Å². The quantitative estimate of drug-likeness (QED) is 0.364. The number of amides is 1. The van der Waals surface area contributed by atoms with Crippen LogP contribution < -0.4 is 0 Å². The topological polar surface area (TPSA) is 20.3 Å². The van der Waals surface area contributed by atoms with E-state index in [0.717, 1.165) is 30.4 Å². The largest absolute Gasteiger partial charge is 0.325 e. The smallest absolute Gasteiger partial charge is 0.316 e. The third-order valence-electron chi connectivity index (χ3n) is 3.01. The maximum absolute atomic E-state index is 11.7. The van der Waals surface area contributed by atoms with Gasteiger partial charge in [-0.3, -0.25) is 4.79 Å². The van der Waals surface area contributed by atoms with Crippen LogP contribution in [0.4, 0.5) is 4.79 Å². The van der Waals surface area contributed by atoms with E-state index in [9.17, 15) is 4.79 Å². The molecule has 110 valence electrons. The van der Waals surface area contributed by atoms with Crippen LogP contribution in [0.15, 0.2) is 41.8 Å². The molecule has 1 heterocycles. The predicted octanol–water partition coefficient (Wildman–Crippen LogP) is 5.25. The van der Waals surface area contributed by atoms with E-state index in [-0.39, 0.29) is 6.04 Å². The van der Waals surface area contributed by atoms with Gasteiger partial charge < -0.3 is 4.90 Å². The fourth-order valence-corrected chi connectivity index (χ4v) is 3.12. The van der Waals surface area contributed by atoms with Crippen LogP contribution in [0.5, 0.6) is 0 Å². The fraction of sp³-hybridized carbons (Fsp3) is 0.438. The molecule has 0 spiro atoms. The number of hydrogen-bond acceptors (Lipinski definition) is 2. The van der Waals surface area contributed by atoms with Crippen molar-refractivity contribution in [2.45, 2.75) is 39.2 Å². The molecule has 20 heavy (non-hydrogen) atoms. The molecule has 0 N–H and O–H groups in total. The molecule has 0 unspecified atom stereocenters. The van der Waals surface area contributed by atoms with Gasteiger partial charge >= 0.3 is 5.37 Å². The van der Waals surface area contributed by atoms with Gasteiger partial charge in [0.15, 0.2) is 0 Å². The van der Waals surface area contributed by atoms with Gasteiger partial charge in [0, 0.05) is 17.5 Å². The summed E-state index contributed by atoms with van der Waals surface area (Å²) < 4.78 is 0. The monoisotopic (exact) mass is 311 g/mol. The van der Waals surface area contributed by atoms with Crippen LogP contribution in [0, 0.1) is 0 Å². The standard InChI is InChI=1S/C16H22ClNOS/c1-12(2)10-14(11-13(3)4)18(16(17)19)8-7-15-6-5-9-20-15/h5-6,9,14H,1,3,7-8,10-11H2,2,4H3. The lowest BCUT2D eigenvalue weighted by Gasteiger charge is -2.30. The summed E-state index contributed by atoms with van der Waals surface area (Å²) in [6, 6.07) is 4.15. The van der Waals surface area contributed by atoms with Gasteiger partial charge in [-0.05, 0) is 56.2 Å². The van der Waals surface area contributed by atoms with Crippen molar-refractivity contribution >= 4 is 28.3 Å². The normalized spacial score (nSPS) is 10.6. The molecular formula is C16H22ClNOS. The van der Waals surface area contributed by atoms with Crippen molar-refractivity contribution in [1.82, 2.24) is 4.90 Å². The summed E-state index contributed by atoms with van der Waals surface area (Å²) in [5.41, 5.74) is 2.10. The summed E-state index contributed by atoms with van der Waals surface area (Å²) in [6.07, 6.45) is 2.35. The van der Waals surface area contributed by atoms with Crippen LogP contribution in [0.3, 0.4) is 0 Å². The van der Waals surface area contributed by atoms with Crippen molar-refractivity contribution in [2.24, 2.45) is 0 Å². The second-order valence-corrected chi connectivity index (χ2v) is 6.61. The lowest BCUT2D eigenvalue weighted by Crippen LogP contribution is -2.39. The van der Waals surface area contributed by atoms with Crippen molar-refractivity contribution in [2.75, 3.05) is 6.54 Å². The van der Waals surface area contributed by atoms with Gasteiger partial charge in [-0.15, -0.1) is 24.5 Å². The van der Waals surface area contributed by atoms with E-state index in [1.165, 1.54) is 4.88 Å². The number of carbonyl (C=O) groups excluding carboxylic acids is 1. The highest BCUT2D eigenvalue weighted by Crippen LogP contribution is 2.20. The van der Waals surface area contributed by atoms with Gasteiger partial charge in [-0.25, -0.2) is 0 Å². The van der Waals surface area contributed by atoms with Gasteiger partial charge in [-0.1, -0.05) is 17.2 Å². The molecule has 2 nitrogen and oxygen atoms in total. The summed E-state index contributed by atoms with van der Waals surface area (Å²) in [7, 11) is 0. The minimum Gasteiger partial charge on any atom is -0.325 e. The zero-order valence-corrected chi connectivity index (χ0v) is 13.8. The van der Waals surface area contributed by atoms with Gasteiger partial charge in [0.05, 0.1) is 0 Å². The lowest BCUT2D eigenvalue weighted by molar-refractivity contribution is 0.197.